The van der Waals surface area contributed by atoms with Gasteiger partial charge in [-0.15, -0.1) is 0 Å². The van der Waals surface area contributed by atoms with E-state index in [4.69, 9.17) is 0 Å². The van der Waals surface area contributed by atoms with E-state index in [2.05, 4.69) is 10.6 Å². The van der Waals surface area contributed by atoms with Crippen molar-refractivity contribution in [1.29, 1.82) is 0 Å². The van der Waals surface area contributed by atoms with Gasteiger partial charge in [0.25, 0.3) is 0 Å². The van der Waals surface area contributed by atoms with Crippen molar-refractivity contribution >= 4 is 33.2 Å². The van der Waals surface area contributed by atoms with Crippen LogP contribution in [0.2, 0.25) is 0 Å². The second-order valence-electron chi connectivity index (χ2n) is 8.58. The van der Waals surface area contributed by atoms with Gasteiger partial charge < -0.3 is 10.6 Å². The van der Waals surface area contributed by atoms with Crippen molar-refractivity contribution in [2.75, 3.05) is 43.9 Å². The van der Waals surface area contributed by atoms with Gasteiger partial charge in [0.15, 0.2) is 0 Å². The summed E-state index contributed by atoms with van der Waals surface area (Å²) in [7, 11) is -1.93. The van der Waals surface area contributed by atoms with E-state index in [1.54, 1.807) is 31.0 Å². The summed E-state index contributed by atoms with van der Waals surface area (Å²) in [5.41, 5.74) is 2.86. The smallest absolute Gasteiger partial charge is 0.243 e. The fourth-order valence-electron chi connectivity index (χ4n) is 3.78. The molecule has 0 bridgehead atoms. The van der Waals surface area contributed by atoms with Crippen LogP contribution in [-0.4, -0.2) is 62.7 Å². The van der Waals surface area contributed by atoms with E-state index in [0.29, 0.717) is 30.0 Å². The molecule has 0 radical (unpaired) electrons. The molecule has 1 aliphatic rings. The summed E-state index contributed by atoms with van der Waals surface area (Å²) in [5, 5.41) is 5.55. The Bertz CT molecular complexity index is 1090. The Hall–Kier alpha value is -2.75. The van der Waals surface area contributed by atoms with Crippen molar-refractivity contribution in [2.45, 2.75) is 38.0 Å². The molecule has 1 saturated heterocycles. The highest BCUT2D eigenvalue weighted by Crippen LogP contribution is 2.26. The number of aryl methyl sites for hydroxylation is 2. The van der Waals surface area contributed by atoms with Crippen molar-refractivity contribution in [3.05, 3.63) is 53.6 Å². The topological polar surface area (TPSA) is 98.8 Å². The molecule has 8 nitrogen and oxygen atoms in total. The van der Waals surface area contributed by atoms with Crippen molar-refractivity contribution in [1.82, 2.24) is 9.21 Å². The number of piperidine rings is 1. The highest BCUT2D eigenvalue weighted by Gasteiger charge is 2.27. The molecule has 1 heterocycles. The molecule has 2 N–H and O–H groups in total. The van der Waals surface area contributed by atoms with Gasteiger partial charge in [-0.25, -0.2) is 8.42 Å². The number of hydrogen-bond donors (Lipinski definition) is 2. The minimum Gasteiger partial charge on any atom is -0.325 e. The molecule has 0 atom stereocenters. The van der Waals surface area contributed by atoms with Crippen molar-refractivity contribution in [3.8, 4) is 0 Å². The largest absolute Gasteiger partial charge is 0.325 e. The second-order valence-corrected chi connectivity index (χ2v) is 10.5. The first-order valence-electron chi connectivity index (χ1n) is 11.1. The number of likely N-dealkylation sites (N-methyl/N-ethyl adjacent to an activating group) is 1. The molecule has 9 heteroatoms. The first-order chi connectivity index (χ1) is 15.6. The Balaban J connectivity index is 1.58. The van der Waals surface area contributed by atoms with Crippen LogP contribution in [-0.2, 0) is 19.6 Å². The number of nitrogens with one attached hydrogen (secondary N) is 2. The summed E-state index contributed by atoms with van der Waals surface area (Å²) >= 11 is 0. The molecular weight excluding hydrogens is 440 g/mol. The van der Waals surface area contributed by atoms with Crippen LogP contribution in [0.1, 0.15) is 30.4 Å². The van der Waals surface area contributed by atoms with Crippen LogP contribution in [0.3, 0.4) is 0 Å². The molecule has 2 aromatic rings. The molecule has 0 aliphatic carbocycles. The van der Waals surface area contributed by atoms with Crippen molar-refractivity contribution in [3.63, 3.8) is 0 Å². The van der Waals surface area contributed by atoms with E-state index in [1.165, 1.54) is 10.4 Å². The lowest BCUT2D eigenvalue weighted by Gasteiger charge is -2.26. The third kappa shape index (κ3) is 6.86. The number of rotatable bonds is 8. The van der Waals surface area contributed by atoms with E-state index < -0.39 is 10.0 Å². The van der Waals surface area contributed by atoms with E-state index in [1.807, 2.05) is 31.2 Å². The lowest BCUT2D eigenvalue weighted by Crippen LogP contribution is -2.36. The van der Waals surface area contributed by atoms with Gasteiger partial charge in [-0.05, 0) is 63.6 Å². The molecule has 178 valence electrons. The van der Waals surface area contributed by atoms with Crippen LogP contribution in [0.15, 0.2) is 47.4 Å². The van der Waals surface area contributed by atoms with Gasteiger partial charge in [0.05, 0.1) is 18.0 Å². The summed E-state index contributed by atoms with van der Waals surface area (Å²) in [4.78, 5) is 26.5. The molecule has 1 aliphatic heterocycles. The van der Waals surface area contributed by atoms with Crippen molar-refractivity contribution in [2.24, 2.45) is 0 Å². The van der Waals surface area contributed by atoms with Gasteiger partial charge >= 0.3 is 0 Å². The maximum absolute atomic E-state index is 13.1. The fourth-order valence-corrected chi connectivity index (χ4v) is 5.55. The lowest BCUT2D eigenvalue weighted by atomic mass is 10.2. The van der Waals surface area contributed by atoms with E-state index in [0.717, 1.165) is 24.8 Å². The van der Waals surface area contributed by atoms with Crippen LogP contribution >= 0.6 is 0 Å². The third-order valence-corrected chi connectivity index (χ3v) is 7.61. The van der Waals surface area contributed by atoms with Gasteiger partial charge in [0.2, 0.25) is 21.8 Å². The van der Waals surface area contributed by atoms with Gasteiger partial charge in [-0.1, -0.05) is 30.2 Å². The predicted octanol–water partition coefficient (Wildman–Crippen LogP) is 2.99. The van der Waals surface area contributed by atoms with Gasteiger partial charge in [-0.3, -0.25) is 14.5 Å². The number of hydrogen-bond acceptors (Lipinski definition) is 5. The average molecular weight is 473 g/mol. The molecule has 0 unspecified atom stereocenters. The Morgan fingerprint density at radius 3 is 2.03 bits per heavy atom. The standard InChI is InChI=1S/C24H32N4O4S/c1-18-7-10-20(11-8-18)25-23(29)16-27(3)17-24(30)26-21-12-9-19(2)22(15-21)33(31,32)28-13-5-4-6-14-28/h7-12,15H,4-6,13-14,16-17H2,1-3H3,(H,25,29)(H,26,30). The van der Waals surface area contributed by atoms with E-state index >= 15 is 0 Å². The maximum Gasteiger partial charge on any atom is 0.243 e. The van der Waals surface area contributed by atoms with Crippen LogP contribution in [0.5, 0.6) is 0 Å². The van der Waals surface area contributed by atoms with E-state index in [9.17, 15) is 18.0 Å². The molecule has 2 amide bonds. The Morgan fingerprint density at radius 1 is 0.879 bits per heavy atom. The predicted molar refractivity (Wildman–Crippen MR) is 130 cm³/mol. The summed E-state index contributed by atoms with van der Waals surface area (Å²) in [6, 6.07) is 12.4. The number of benzene rings is 2. The maximum atomic E-state index is 13.1. The third-order valence-electron chi connectivity index (χ3n) is 5.57. The minimum atomic E-state index is -3.60. The van der Waals surface area contributed by atoms with Gasteiger partial charge in [-0.2, -0.15) is 4.31 Å². The highest BCUT2D eigenvalue weighted by molar-refractivity contribution is 7.89. The molecule has 0 saturated carbocycles. The van der Waals surface area contributed by atoms with Crippen LogP contribution in [0.25, 0.3) is 0 Å². The number of sulfonamides is 1. The number of amides is 2. The summed E-state index contributed by atoms with van der Waals surface area (Å²) in [5.74, 6) is -0.551. The van der Waals surface area contributed by atoms with Crippen LogP contribution in [0.4, 0.5) is 11.4 Å². The number of carbonyl (C=O) groups excluding carboxylic acids is 2. The molecule has 1 fully saturated rings. The molecule has 3 rings (SSSR count). The Labute approximate surface area is 196 Å². The summed E-state index contributed by atoms with van der Waals surface area (Å²) < 4.78 is 27.7. The lowest BCUT2D eigenvalue weighted by molar-refractivity contribution is -0.119. The van der Waals surface area contributed by atoms with Gasteiger partial charge in [0.1, 0.15) is 0 Å². The van der Waals surface area contributed by atoms with Crippen molar-refractivity contribution < 1.29 is 18.0 Å². The Kier molecular flexibility index (Phi) is 8.23. The van der Waals surface area contributed by atoms with E-state index in [-0.39, 0.29) is 29.8 Å². The average Bonchev–Trinajstić information content (AvgIpc) is 2.77. The quantitative estimate of drug-likeness (QED) is 0.615. The number of anilines is 2. The monoisotopic (exact) mass is 472 g/mol. The Morgan fingerprint density at radius 2 is 1.42 bits per heavy atom. The first kappa shape index (κ1) is 24.9. The zero-order chi connectivity index (χ0) is 24.0. The summed E-state index contributed by atoms with van der Waals surface area (Å²) in [6.45, 7) is 4.80. The zero-order valence-corrected chi connectivity index (χ0v) is 20.2. The van der Waals surface area contributed by atoms with Crippen LogP contribution < -0.4 is 10.6 Å². The molecule has 0 aromatic heterocycles. The molecular formula is C24H32N4O4S. The second kappa shape index (κ2) is 10.9. The zero-order valence-electron chi connectivity index (χ0n) is 19.4. The van der Waals surface area contributed by atoms with Crippen LogP contribution in [0, 0.1) is 13.8 Å². The number of nitrogens with zero attached hydrogens (tertiary/aromatic N) is 2. The van der Waals surface area contributed by atoms with Gasteiger partial charge in [0, 0.05) is 24.5 Å². The molecule has 33 heavy (non-hydrogen) atoms. The highest BCUT2D eigenvalue weighted by atomic mass is 32.2. The fraction of sp³-hybridized carbons (Fsp3) is 0.417. The first-order valence-corrected chi connectivity index (χ1v) is 12.5. The summed E-state index contributed by atoms with van der Waals surface area (Å²) in [6.07, 6.45) is 2.76. The molecule has 0 spiro atoms. The normalized spacial score (nSPS) is 14.8. The minimum absolute atomic E-state index is 0.0105. The number of carbonyl (C=O) groups is 2. The molecule has 2 aromatic carbocycles. The SMILES string of the molecule is Cc1ccc(NC(=O)CN(C)CC(=O)Nc2ccc(C)c(S(=O)(=O)N3CCCCC3)c2)cc1.